The first-order chi connectivity index (χ1) is 8.67. The second kappa shape index (κ2) is 7.55. The van der Waals surface area contributed by atoms with Crippen LogP contribution >= 0.6 is 0 Å². The third-order valence-electron chi connectivity index (χ3n) is 2.39. The largest absolute Gasteiger partial charge is 0.465 e. The highest BCUT2D eigenvalue weighted by molar-refractivity contribution is 5.72. The van der Waals surface area contributed by atoms with Gasteiger partial charge in [0, 0.05) is 0 Å². The van der Waals surface area contributed by atoms with Gasteiger partial charge >= 0.3 is 5.97 Å². The Balaban J connectivity index is 2.64. The number of allylic oxidation sites excluding steroid dienone is 4. The van der Waals surface area contributed by atoms with Crippen molar-refractivity contribution in [1.82, 2.24) is 10.8 Å². The van der Waals surface area contributed by atoms with Crippen molar-refractivity contribution in [1.29, 1.82) is 0 Å². The minimum Gasteiger partial charge on any atom is -0.465 e. The monoisotopic (exact) mass is 252 g/mol. The van der Waals surface area contributed by atoms with Gasteiger partial charge < -0.3 is 10.1 Å². The van der Waals surface area contributed by atoms with Crippen molar-refractivity contribution < 1.29 is 14.4 Å². The molecule has 0 amide bonds. The van der Waals surface area contributed by atoms with E-state index in [-0.39, 0.29) is 12.5 Å². The van der Waals surface area contributed by atoms with E-state index in [1.54, 1.807) is 14.0 Å². The molecule has 0 aromatic heterocycles. The molecule has 0 atom stereocenters. The topological polar surface area (TPSA) is 59.6 Å². The molecule has 18 heavy (non-hydrogen) atoms. The maximum absolute atomic E-state index is 11.3. The molecular weight excluding hydrogens is 232 g/mol. The van der Waals surface area contributed by atoms with E-state index in [4.69, 9.17) is 9.57 Å². The van der Waals surface area contributed by atoms with E-state index in [1.165, 1.54) is 5.57 Å². The zero-order valence-electron chi connectivity index (χ0n) is 11.1. The first-order valence-corrected chi connectivity index (χ1v) is 5.93. The lowest BCUT2D eigenvalue weighted by Crippen LogP contribution is -2.28. The molecule has 1 aliphatic carbocycles. The number of rotatable bonds is 6. The van der Waals surface area contributed by atoms with Crippen LogP contribution in [-0.2, 0) is 14.4 Å². The summed E-state index contributed by atoms with van der Waals surface area (Å²) in [6.07, 6.45) is 6.76. The first-order valence-electron chi connectivity index (χ1n) is 5.93. The van der Waals surface area contributed by atoms with Gasteiger partial charge in [0.1, 0.15) is 6.54 Å². The summed E-state index contributed by atoms with van der Waals surface area (Å²) in [5.74, 6) is -0.274. The molecule has 0 unspecified atom stereocenters. The lowest BCUT2D eigenvalue weighted by atomic mass is 10.2. The number of carbonyl (C=O) groups is 1. The molecule has 0 aliphatic heterocycles. The van der Waals surface area contributed by atoms with Crippen molar-refractivity contribution in [2.45, 2.75) is 20.3 Å². The fourth-order valence-electron chi connectivity index (χ4n) is 1.50. The summed E-state index contributed by atoms with van der Waals surface area (Å²) >= 11 is 0. The van der Waals surface area contributed by atoms with E-state index in [0.29, 0.717) is 6.61 Å². The van der Waals surface area contributed by atoms with Gasteiger partial charge in [-0.25, -0.2) is 0 Å². The van der Waals surface area contributed by atoms with Crippen LogP contribution in [-0.4, -0.2) is 26.2 Å². The smallest absolute Gasteiger partial charge is 0.325 e. The van der Waals surface area contributed by atoms with Crippen LogP contribution in [0.1, 0.15) is 20.3 Å². The number of hydrogen-bond donors (Lipinski definition) is 2. The molecular formula is C13H20N2O3. The van der Waals surface area contributed by atoms with E-state index < -0.39 is 0 Å². The number of esters is 1. The third-order valence-corrected chi connectivity index (χ3v) is 2.39. The number of carbonyl (C=O) groups excluding carboxylic acids is 1. The van der Waals surface area contributed by atoms with Crippen molar-refractivity contribution in [2.75, 3.05) is 20.3 Å². The average Bonchev–Trinajstić information content (AvgIpc) is 2.51. The number of nitrogens with one attached hydrogen (secondary N) is 2. The van der Waals surface area contributed by atoms with E-state index in [2.05, 4.69) is 10.8 Å². The van der Waals surface area contributed by atoms with Crippen LogP contribution in [0.5, 0.6) is 0 Å². The van der Waals surface area contributed by atoms with Crippen LogP contribution in [0.15, 0.2) is 35.2 Å². The summed E-state index contributed by atoms with van der Waals surface area (Å²) in [4.78, 5) is 16.2. The molecule has 0 fully saturated rings. The van der Waals surface area contributed by atoms with Crippen LogP contribution in [0.3, 0.4) is 0 Å². The van der Waals surface area contributed by atoms with Crippen LogP contribution in [0.25, 0.3) is 0 Å². The predicted octanol–water partition coefficient (Wildman–Crippen LogP) is 1.41. The van der Waals surface area contributed by atoms with Gasteiger partial charge in [0.05, 0.1) is 25.1 Å². The fourth-order valence-corrected chi connectivity index (χ4v) is 1.50. The van der Waals surface area contributed by atoms with Gasteiger partial charge in [-0.2, -0.15) is 0 Å². The molecule has 5 heteroatoms. The Kier molecular flexibility index (Phi) is 6.00. The van der Waals surface area contributed by atoms with Crippen molar-refractivity contribution in [2.24, 2.45) is 0 Å². The van der Waals surface area contributed by atoms with E-state index >= 15 is 0 Å². The van der Waals surface area contributed by atoms with Gasteiger partial charge in [-0.15, -0.1) is 0 Å². The minimum absolute atomic E-state index is 0.140. The quantitative estimate of drug-likeness (QED) is 0.553. The van der Waals surface area contributed by atoms with E-state index in [0.717, 1.165) is 17.8 Å². The molecule has 0 aromatic rings. The van der Waals surface area contributed by atoms with Crippen molar-refractivity contribution >= 4 is 5.97 Å². The summed E-state index contributed by atoms with van der Waals surface area (Å²) in [5, 5.41) is 3.04. The molecule has 1 rings (SSSR count). The van der Waals surface area contributed by atoms with Crippen molar-refractivity contribution in [3.8, 4) is 0 Å². The van der Waals surface area contributed by atoms with Crippen LogP contribution in [0, 0.1) is 0 Å². The van der Waals surface area contributed by atoms with Crippen LogP contribution in [0.2, 0.25) is 0 Å². The average molecular weight is 252 g/mol. The molecule has 0 aromatic carbocycles. The summed E-state index contributed by atoms with van der Waals surface area (Å²) in [6.45, 7) is 4.36. The van der Waals surface area contributed by atoms with Gasteiger partial charge in [0.2, 0.25) is 0 Å². The molecule has 0 saturated heterocycles. The molecule has 1 aliphatic rings. The SMILES string of the molecule is CCOC(=O)CNC1=CCC(C)=CC=C1NOC. The maximum atomic E-state index is 11.3. The molecule has 0 heterocycles. The highest BCUT2D eigenvalue weighted by Crippen LogP contribution is 2.14. The van der Waals surface area contributed by atoms with Gasteiger partial charge in [-0.3, -0.25) is 15.1 Å². The number of hydrogen-bond acceptors (Lipinski definition) is 5. The lowest BCUT2D eigenvalue weighted by Gasteiger charge is -2.14. The van der Waals surface area contributed by atoms with Crippen LogP contribution in [0.4, 0.5) is 0 Å². The fraction of sp³-hybridized carbons (Fsp3) is 0.462. The molecule has 0 spiro atoms. The molecule has 0 bridgehead atoms. The Bertz CT molecular complexity index is 384. The minimum atomic E-state index is -0.274. The summed E-state index contributed by atoms with van der Waals surface area (Å²) in [7, 11) is 1.55. The Morgan fingerprint density at radius 3 is 2.83 bits per heavy atom. The Morgan fingerprint density at radius 1 is 1.39 bits per heavy atom. The third kappa shape index (κ3) is 4.63. The zero-order valence-corrected chi connectivity index (χ0v) is 11.1. The highest BCUT2D eigenvalue weighted by Gasteiger charge is 2.09. The normalized spacial score (nSPS) is 14.9. The van der Waals surface area contributed by atoms with Gasteiger partial charge in [0.25, 0.3) is 0 Å². The molecule has 5 nitrogen and oxygen atoms in total. The summed E-state index contributed by atoms with van der Waals surface area (Å²) < 4.78 is 4.87. The number of hydroxylamine groups is 1. The lowest BCUT2D eigenvalue weighted by molar-refractivity contribution is -0.141. The number of ether oxygens (including phenoxy) is 1. The zero-order chi connectivity index (χ0) is 13.4. The molecule has 0 radical (unpaired) electrons. The van der Waals surface area contributed by atoms with Crippen molar-refractivity contribution in [3.05, 3.63) is 35.2 Å². The summed E-state index contributed by atoms with van der Waals surface area (Å²) in [6, 6.07) is 0. The van der Waals surface area contributed by atoms with E-state index in [1.807, 2.05) is 25.2 Å². The predicted molar refractivity (Wildman–Crippen MR) is 69.3 cm³/mol. The highest BCUT2D eigenvalue weighted by atomic mass is 16.6. The van der Waals surface area contributed by atoms with E-state index in [9.17, 15) is 4.79 Å². The van der Waals surface area contributed by atoms with Gasteiger partial charge in [0.15, 0.2) is 0 Å². The Hall–Kier alpha value is -1.75. The Morgan fingerprint density at radius 2 is 2.17 bits per heavy atom. The second-order valence-electron chi connectivity index (χ2n) is 3.88. The summed E-state index contributed by atoms with van der Waals surface area (Å²) in [5.41, 5.74) is 5.64. The standard InChI is InChI=1S/C13H20N2O3/c1-4-18-13(16)9-14-11-7-5-10(2)6-8-12(11)15-17-3/h6-8,14-15H,4-5,9H2,1-3H3. The van der Waals surface area contributed by atoms with Crippen molar-refractivity contribution in [3.63, 3.8) is 0 Å². The molecule has 2 N–H and O–H groups in total. The second-order valence-corrected chi connectivity index (χ2v) is 3.88. The van der Waals surface area contributed by atoms with Gasteiger partial charge in [-0.05, 0) is 26.3 Å². The first kappa shape index (κ1) is 14.3. The van der Waals surface area contributed by atoms with Gasteiger partial charge in [-0.1, -0.05) is 17.7 Å². The maximum Gasteiger partial charge on any atom is 0.325 e. The molecule has 100 valence electrons. The molecule has 0 saturated carbocycles. The van der Waals surface area contributed by atoms with Crippen LogP contribution < -0.4 is 10.8 Å². The Labute approximate surface area is 107 Å².